The van der Waals surface area contributed by atoms with Gasteiger partial charge in [-0.1, -0.05) is 0 Å². The summed E-state index contributed by atoms with van der Waals surface area (Å²) in [6.07, 6.45) is 4.41. The smallest absolute Gasteiger partial charge is 0.251 e. The van der Waals surface area contributed by atoms with Crippen LogP contribution >= 0.6 is 0 Å². The van der Waals surface area contributed by atoms with Crippen LogP contribution in [0.3, 0.4) is 0 Å². The predicted molar refractivity (Wildman–Crippen MR) is 95.8 cm³/mol. The number of nitrogens with one attached hydrogen (secondary N) is 2. The molecular weight excluding hydrogens is 320 g/mol. The van der Waals surface area contributed by atoms with Gasteiger partial charge in [-0.05, 0) is 63.8 Å². The molecule has 1 heterocycles. The van der Waals surface area contributed by atoms with E-state index in [-0.39, 0.29) is 24.4 Å². The fourth-order valence-corrected chi connectivity index (χ4v) is 2.84. The quantitative estimate of drug-likeness (QED) is 0.718. The SMILES string of the molecule is CCOc1ccc(C(=O)NCC(=O)N[C@@H](C)CC[C@@H]2CCCO2)cc1. The van der Waals surface area contributed by atoms with Crippen LogP contribution in [0.1, 0.15) is 49.9 Å². The molecule has 1 aliphatic rings. The molecule has 2 amide bonds. The number of hydrogen-bond donors (Lipinski definition) is 2. The Kier molecular flexibility index (Phi) is 7.73. The van der Waals surface area contributed by atoms with Gasteiger partial charge in [0.15, 0.2) is 0 Å². The molecule has 1 fully saturated rings. The Morgan fingerprint density at radius 2 is 2.08 bits per heavy atom. The van der Waals surface area contributed by atoms with Crippen molar-refractivity contribution in [2.45, 2.75) is 51.7 Å². The molecule has 6 nitrogen and oxygen atoms in total. The van der Waals surface area contributed by atoms with Crippen molar-refractivity contribution in [3.8, 4) is 5.75 Å². The van der Waals surface area contributed by atoms with Gasteiger partial charge in [0.1, 0.15) is 5.75 Å². The van der Waals surface area contributed by atoms with Gasteiger partial charge < -0.3 is 20.1 Å². The van der Waals surface area contributed by atoms with E-state index in [1.807, 2.05) is 13.8 Å². The highest BCUT2D eigenvalue weighted by Crippen LogP contribution is 2.17. The maximum atomic E-state index is 12.1. The molecule has 0 unspecified atom stereocenters. The number of benzene rings is 1. The second kappa shape index (κ2) is 10.0. The Labute approximate surface area is 149 Å². The lowest BCUT2D eigenvalue weighted by atomic mass is 10.1. The molecule has 1 aliphatic heterocycles. The third kappa shape index (κ3) is 6.74. The second-order valence-corrected chi connectivity index (χ2v) is 6.32. The molecule has 2 rings (SSSR count). The van der Waals surface area contributed by atoms with Crippen molar-refractivity contribution in [2.24, 2.45) is 0 Å². The van der Waals surface area contributed by atoms with Gasteiger partial charge in [-0.2, -0.15) is 0 Å². The molecule has 0 radical (unpaired) electrons. The molecule has 0 aliphatic carbocycles. The molecule has 0 bridgehead atoms. The average Bonchev–Trinajstić information content (AvgIpc) is 3.12. The Balaban J connectivity index is 1.66. The molecule has 25 heavy (non-hydrogen) atoms. The second-order valence-electron chi connectivity index (χ2n) is 6.32. The van der Waals surface area contributed by atoms with Crippen molar-refractivity contribution in [3.05, 3.63) is 29.8 Å². The van der Waals surface area contributed by atoms with E-state index in [1.54, 1.807) is 24.3 Å². The molecule has 138 valence electrons. The third-order valence-corrected chi connectivity index (χ3v) is 4.19. The highest BCUT2D eigenvalue weighted by atomic mass is 16.5. The van der Waals surface area contributed by atoms with Crippen molar-refractivity contribution in [1.29, 1.82) is 0 Å². The average molecular weight is 348 g/mol. The highest BCUT2D eigenvalue weighted by Gasteiger charge is 2.17. The van der Waals surface area contributed by atoms with Gasteiger partial charge >= 0.3 is 0 Å². The Morgan fingerprint density at radius 1 is 1.32 bits per heavy atom. The summed E-state index contributed by atoms with van der Waals surface area (Å²) in [5.74, 6) is 0.265. The van der Waals surface area contributed by atoms with Crippen LogP contribution in [0.25, 0.3) is 0 Å². The van der Waals surface area contributed by atoms with Gasteiger partial charge in [0.25, 0.3) is 5.91 Å². The first-order chi connectivity index (χ1) is 12.1. The summed E-state index contributed by atoms with van der Waals surface area (Å²) in [6, 6.07) is 6.92. The Bertz CT molecular complexity index is 553. The number of amides is 2. The van der Waals surface area contributed by atoms with Crippen LogP contribution in [0.4, 0.5) is 0 Å². The van der Waals surface area contributed by atoms with Gasteiger partial charge in [0, 0.05) is 18.2 Å². The van der Waals surface area contributed by atoms with Crippen LogP contribution < -0.4 is 15.4 Å². The molecule has 0 aromatic heterocycles. The third-order valence-electron chi connectivity index (χ3n) is 4.19. The van der Waals surface area contributed by atoms with Crippen LogP contribution in [0, 0.1) is 0 Å². The Hall–Kier alpha value is -2.08. The van der Waals surface area contributed by atoms with Gasteiger partial charge in [0.2, 0.25) is 5.91 Å². The molecule has 0 saturated carbocycles. The zero-order chi connectivity index (χ0) is 18.1. The molecule has 2 N–H and O–H groups in total. The number of ether oxygens (including phenoxy) is 2. The maximum absolute atomic E-state index is 12.1. The van der Waals surface area contributed by atoms with Crippen LogP contribution in [0.2, 0.25) is 0 Å². The first kappa shape index (κ1) is 19.2. The maximum Gasteiger partial charge on any atom is 0.251 e. The minimum atomic E-state index is -0.273. The molecule has 6 heteroatoms. The van der Waals surface area contributed by atoms with E-state index < -0.39 is 0 Å². The molecule has 1 aromatic rings. The summed E-state index contributed by atoms with van der Waals surface area (Å²) in [5.41, 5.74) is 0.502. The largest absolute Gasteiger partial charge is 0.494 e. The van der Waals surface area contributed by atoms with Crippen LogP contribution in [-0.2, 0) is 9.53 Å². The zero-order valence-electron chi connectivity index (χ0n) is 15.0. The summed E-state index contributed by atoms with van der Waals surface area (Å²) < 4.78 is 10.9. The number of hydrogen-bond acceptors (Lipinski definition) is 4. The summed E-state index contributed by atoms with van der Waals surface area (Å²) >= 11 is 0. The molecule has 0 spiro atoms. The van der Waals surface area contributed by atoms with Gasteiger partial charge in [-0.25, -0.2) is 0 Å². The lowest BCUT2D eigenvalue weighted by Gasteiger charge is -2.16. The van der Waals surface area contributed by atoms with Crippen LogP contribution in [0.15, 0.2) is 24.3 Å². The lowest BCUT2D eigenvalue weighted by Crippen LogP contribution is -2.41. The Morgan fingerprint density at radius 3 is 2.72 bits per heavy atom. The van der Waals surface area contributed by atoms with Gasteiger partial charge in [0.05, 0.1) is 19.3 Å². The van der Waals surface area contributed by atoms with Crippen molar-refractivity contribution >= 4 is 11.8 Å². The molecule has 1 aromatic carbocycles. The van der Waals surface area contributed by atoms with Crippen molar-refractivity contribution in [3.63, 3.8) is 0 Å². The fraction of sp³-hybridized carbons (Fsp3) is 0.579. The topological polar surface area (TPSA) is 76.7 Å². The van der Waals surface area contributed by atoms with Crippen molar-refractivity contribution < 1.29 is 19.1 Å². The summed E-state index contributed by atoms with van der Waals surface area (Å²) in [5, 5.41) is 5.54. The normalized spacial score (nSPS) is 17.8. The van der Waals surface area contributed by atoms with E-state index in [1.165, 1.54) is 0 Å². The van der Waals surface area contributed by atoms with Crippen molar-refractivity contribution in [1.82, 2.24) is 10.6 Å². The van der Waals surface area contributed by atoms with E-state index in [0.717, 1.165) is 38.0 Å². The van der Waals surface area contributed by atoms with Gasteiger partial charge in [-0.3, -0.25) is 9.59 Å². The minimum Gasteiger partial charge on any atom is -0.494 e. The first-order valence-corrected chi connectivity index (χ1v) is 9.00. The molecular formula is C19H28N2O4. The van der Waals surface area contributed by atoms with Crippen LogP contribution in [0.5, 0.6) is 5.75 Å². The zero-order valence-corrected chi connectivity index (χ0v) is 15.0. The summed E-state index contributed by atoms with van der Waals surface area (Å²) in [7, 11) is 0. The van der Waals surface area contributed by atoms with E-state index >= 15 is 0 Å². The predicted octanol–water partition coefficient (Wildman–Crippen LogP) is 2.28. The number of carbonyl (C=O) groups excluding carboxylic acids is 2. The summed E-state index contributed by atoms with van der Waals surface area (Å²) in [4.78, 5) is 24.0. The standard InChI is InChI=1S/C19H28N2O4/c1-3-24-17-10-7-15(8-11-17)19(23)20-13-18(22)21-14(2)6-9-16-5-4-12-25-16/h7-8,10-11,14,16H,3-6,9,12-13H2,1-2H3,(H,20,23)(H,21,22)/t14-,16-/m0/s1. The minimum absolute atomic E-state index is 0.0314. The molecule has 2 atom stereocenters. The number of rotatable bonds is 9. The van der Waals surface area contributed by atoms with Crippen LogP contribution in [-0.4, -0.2) is 43.7 Å². The lowest BCUT2D eigenvalue weighted by molar-refractivity contribution is -0.120. The van der Waals surface area contributed by atoms with Crippen molar-refractivity contribution in [2.75, 3.05) is 19.8 Å². The molecule has 1 saturated heterocycles. The summed E-state index contributed by atoms with van der Waals surface area (Å²) in [6.45, 7) is 5.28. The van der Waals surface area contributed by atoms with Gasteiger partial charge in [-0.15, -0.1) is 0 Å². The first-order valence-electron chi connectivity index (χ1n) is 9.00. The fourth-order valence-electron chi connectivity index (χ4n) is 2.84. The number of carbonyl (C=O) groups is 2. The highest BCUT2D eigenvalue weighted by molar-refractivity contribution is 5.96. The van der Waals surface area contributed by atoms with E-state index in [4.69, 9.17) is 9.47 Å². The van der Waals surface area contributed by atoms with E-state index in [2.05, 4.69) is 10.6 Å². The van der Waals surface area contributed by atoms with E-state index in [9.17, 15) is 9.59 Å². The van der Waals surface area contributed by atoms with E-state index in [0.29, 0.717) is 18.3 Å². The monoisotopic (exact) mass is 348 g/mol.